The van der Waals surface area contributed by atoms with Crippen molar-refractivity contribution in [2.75, 3.05) is 25.5 Å². The molecule has 1 atom stereocenters. The molecule has 4 heterocycles. The van der Waals surface area contributed by atoms with Gasteiger partial charge in [-0.3, -0.25) is 4.40 Å². The van der Waals surface area contributed by atoms with Crippen molar-refractivity contribution in [2.24, 2.45) is 0 Å². The van der Waals surface area contributed by atoms with Crippen molar-refractivity contribution in [2.45, 2.75) is 23.8 Å². The summed E-state index contributed by atoms with van der Waals surface area (Å²) in [6.45, 7) is 0.709. The van der Waals surface area contributed by atoms with Crippen molar-refractivity contribution in [3.63, 3.8) is 0 Å². The molecule has 1 fully saturated rings. The number of hydrogen-bond acceptors (Lipinski definition) is 8. The van der Waals surface area contributed by atoms with Crippen molar-refractivity contribution >= 4 is 43.9 Å². The van der Waals surface area contributed by atoms with Crippen LogP contribution in [-0.2, 0) is 10.0 Å². The second kappa shape index (κ2) is 10.8. The van der Waals surface area contributed by atoms with Crippen LogP contribution in [0.5, 0.6) is 5.75 Å². The van der Waals surface area contributed by atoms with Gasteiger partial charge in [-0.15, -0.1) is 11.3 Å². The maximum Gasteiger partial charge on any atom is 0.243 e. The lowest BCUT2D eigenvalue weighted by Gasteiger charge is -2.32. The Balaban J connectivity index is 1.29. The molecule has 9 nitrogen and oxygen atoms in total. The zero-order chi connectivity index (χ0) is 27.9. The molecular formula is C27H24ClFN6O3S2. The van der Waals surface area contributed by atoms with Crippen molar-refractivity contribution in [1.29, 1.82) is 0 Å². The molecule has 0 aliphatic carbocycles. The summed E-state index contributed by atoms with van der Waals surface area (Å²) < 4.78 is 49.2. The minimum atomic E-state index is -3.66. The SMILES string of the molecule is COc1cc(-c2nc3sccn3c2-c2ccnc(N[C@@H]3CCCN(S(=O)(=O)c4ccc(Cl)cc4)C3)n2)ccc1F. The van der Waals surface area contributed by atoms with Crippen molar-refractivity contribution in [3.8, 4) is 28.4 Å². The lowest BCUT2D eigenvalue weighted by Crippen LogP contribution is -2.45. The van der Waals surface area contributed by atoms with E-state index in [1.54, 1.807) is 36.5 Å². The summed E-state index contributed by atoms with van der Waals surface area (Å²) in [6, 6.07) is 12.4. The van der Waals surface area contributed by atoms with Crippen LogP contribution in [0.4, 0.5) is 10.3 Å². The molecular weight excluding hydrogens is 575 g/mol. The van der Waals surface area contributed by atoms with E-state index in [9.17, 15) is 12.8 Å². The van der Waals surface area contributed by atoms with Crippen LogP contribution in [0.2, 0.25) is 5.02 Å². The monoisotopic (exact) mass is 598 g/mol. The predicted molar refractivity (Wildman–Crippen MR) is 153 cm³/mol. The smallest absolute Gasteiger partial charge is 0.243 e. The van der Waals surface area contributed by atoms with Gasteiger partial charge in [-0.25, -0.2) is 27.8 Å². The number of nitrogens with one attached hydrogen (secondary N) is 1. The van der Waals surface area contributed by atoms with Gasteiger partial charge in [-0.2, -0.15) is 4.31 Å². The summed E-state index contributed by atoms with van der Waals surface area (Å²) in [7, 11) is -2.24. The summed E-state index contributed by atoms with van der Waals surface area (Å²) >= 11 is 7.42. The van der Waals surface area contributed by atoms with E-state index in [4.69, 9.17) is 26.3 Å². The number of anilines is 1. The number of hydrogen-bond donors (Lipinski definition) is 1. The highest BCUT2D eigenvalue weighted by Crippen LogP contribution is 2.35. The van der Waals surface area contributed by atoms with E-state index in [1.165, 1.54) is 41.0 Å². The Morgan fingerprint density at radius 1 is 1.15 bits per heavy atom. The van der Waals surface area contributed by atoms with E-state index in [1.807, 2.05) is 16.0 Å². The minimum absolute atomic E-state index is 0.125. The van der Waals surface area contributed by atoms with Gasteiger partial charge in [0.25, 0.3) is 0 Å². The number of halogens is 2. The zero-order valence-electron chi connectivity index (χ0n) is 21.3. The highest BCUT2D eigenvalue weighted by Gasteiger charge is 2.31. The minimum Gasteiger partial charge on any atom is -0.494 e. The summed E-state index contributed by atoms with van der Waals surface area (Å²) in [6.07, 6.45) is 5.01. The number of fused-ring (bicyclic) bond motifs is 1. The van der Waals surface area contributed by atoms with Crippen molar-refractivity contribution < 1.29 is 17.5 Å². The number of ether oxygens (including phenoxy) is 1. The average Bonchev–Trinajstić information content (AvgIpc) is 3.56. The average molecular weight is 599 g/mol. The fourth-order valence-electron chi connectivity index (χ4n) is 4.82. The molecule has 0 saturated carbocycles. The maximum atomic E-state index is 14.1. The Labute approximate surface area is 239 Å². The molecule has 0 radical (unpaired) electrons. The topological polar surface area (TPSA) is 102 Å². The molecule has 40 heavy (non-hydrogen) atoms. The third-order valence-electron chi connectivity index (χ3n) is 6.75. The van der Waals surface area contributed by atoms with Crippen LogP contribution >= 0.6 is 22.9 Å². The highest BCUT2D eigenvalue weighted by molar-refractivity contribution is 7.89. The van der Waals surface area contributed by atoms with Gasteiger partial charge >= 0.3 is 0 Å². The molecule has 13 heteroatoms. The molecule has 1 aliphatic heterocycles. The van der Waals surface area contributed by atoms with E-state index < -0.39 is 15.8 Å². The zero-order valence-corrected chi connectivity index (χ0v) is 23.7. The first-order chi connectivity index (χ1) is 19.3. The van der Waals surface area contributed by atoms with Gasteiger partial charge in [0, 0.05) is 47.5 Å². The second-order valence-corrected chi connectivity index (χ2v) is 12.5. The Hall–Kier alpha value is -3.58. The molecule has 1 aliphatic rings. The Kier molecular flexibility index (Phi) is 7.17. The van der Waals surface area contributed by atoms with Crippen LogP contribution in [0.25, 0.3) is 27.6 Å². The number of nitrogens with zero attached hydrogens (tertiary/aromatic N) is 5. The number of methoxy groups -OCH3 is 1. The van der Waals surface area contributed by atoms with E-state index in [0.29, 0.717) is 40.9 Å². The summed E-state index contributed by atoms with van der Waals surface area (Å²) in [5, 5.41) is 5.74. The van der Waals surface area contributed by atoms with Crippen molar-refractivity contribution in [1.82, 2.24) is 23.7 Å². The number of imidazole rings is 1. The van der Waals surface area contributed by atoms with E-state index in [-0.39, 0.29) is 23.2 Å². The van der Waals surface area contributed by atoms with Crippen LogP contribution in [0.15, 0.2) is 71.2 Å². The molecule has 0 spiro atoms. The molecule has 3 aromatic heterocycles. The van der Waals surface area contributed by atoms with E-state index in [0.717, 1.165) is 17.1 Å². The van der Waals surface area contributed by atoms with Crippen LogP contribution < -0.4 is 10.1 Å². The molecule has 6 rings (SSSR count). The predicted octanol–water partition coefficient (Wildman–Crippen LogP) is 5.59. The molecule has 0 bridgehead atoms. The number of thiazole rings is 1. The van der Waals surface area contributed by atoms with Crippen LogP contribution in [-0.4, -0.2) is 58.3 Å². The summed E-state index contributed by atoms with van der Waals surface area (Å²) in [5.74, 6) is 0.0447. The van der Waals surface area contributed by atoms with Crippen LogP contribution in [0, 0.1) is 5.82 Å². The number of sulfonamides is 1. The number of piperidine rings is 1. The molecule has 2 aromatic carbocycles. The molecule has 1 saturated heterocycles. The fourth-order valence-corrected chi connectivity index (χ4v) is 7.18. The number of rotatable bonds is 7. The van der Waals surface area contributed by atoms with Crippen LogP contribution in [0.3, 0.4) is 0 Å². The first kappa shape index (κ1) is 26.6. The maximum absolute atomic E-state index is 14.1. The lowest BCUT2D eigenvalue weighted by atomic mass is 10.1. The van der Waals surface area contributed by atoms with Gasteiger partial charge in [-0.1, -0.05) is 11.6 Å². The fraction of sp³-hybridized carbons (Fsp3) is 0.222. The highest BCUT2D eigenvalue weighted by atomic mass is 35.5. The molecule has 5 aromatic rings. The largest absolute Gasteiger partial charge is 0.494 e. The van der Waals surface area contributed by atoms with Gasteiger partial charge in [0.1, 0.15) is 5.69 Å². The quantitative estimate of drug-likeness (QED) is 0.261. The molecule has 0 amide bonds. The Bertz CT molecular complexity index is 1790. The normalized spacial score (nSPS) is 16.3. The Morgan fingerprint density at radius 3 is 2.77 bits per heavy atom. The van der Waals surface area contributed by atoms with Crippen molar-refractivity contribution in [3.05, 3.63) is 77.1 Å². The number of benzene rings is 2. The van der Waals surface area contributed by atoms with Crippen LogP contribution in [0.1, 0.15) is 12.8 Å². The van der Waals surface area contributed by atoms with Gasteiger partial charge in [0.2, 0.25) is 16.0 Å². The second-order valence-electron chi connectivity index (χ2n) is 9.28. The van der Waals surface area contributed by atoms with E-state index >= 15 is 0 Å². The summed E-state index contributed by atoms with van der Waals surface area (Å²) in [5.41, 5.74) is 2.66. The third kappa shape index (κ3) is 5.03. The van der Waals surface area contributed by atoms with E-state index in [2.05, 4.69) is 10.3 Å². The number of aromatic nitrogens is 4. The standard InChI is InChI=1S/C27H24ClFN6O3S2/c1-38-23-15-17(4-9-21(23)29)24-25(35-13-14-39-27(35)33-24)22-10-11-30-26(32-22)31-19-3-2-12-34(16-19)40(36,37)20-7-5-18(28)6-8-20/h4-11,13-15,19H,2-3,12,16H2,1H3,(H,30,31,32)/t19-/m1/s1. The van der Waals surface area contributed by atoms with Gasteiger partial charge < -0.3 is 10.1 Å². The van der Waals surface area contributed by atoms with Gasteiger partial charge in [0.15, 0.2) is 16.5 Å². The molecule has 206 valence electrons. The first-order valence-corrected chi connectivity index (χ1v) is 15.2. The molecule has 1 N–H and O–H groups in total. The lowest BCUT2D eigenvalue weighted by molar-refractivity contribution is 0.326. The van der Waals surface area contributed by atoms with Gasteiger partial charge in [-0.05, 0) is 61.4 Å². The third-order valence-corrected chi connectivity index (χ3v) is 9.64. The van der Waals surface area contributed by atoms with Gasteiger partial charge in [0.05, 0.1) is 23.4 Å². The summed E-state index contributed by atoms with van der Waals surface area (Å²) in [4.78, 5) is 14.9. The Morgan fingerprint density at radius 2 is 1.98 bits per heavy atom. The first-order valence-electron chi connectivity index (χ1n) is 12.5. The molecule has 0 unspecified atom stereocenters.